The molecule has 0 saturated carbocycles. The first kappa shape index (κ1) is 49.6. The largest absolute Gasteiger partial charge is 0.385 e. The van der Waals surface area contributed by atoms with Gasteiger partial charge in [-0.3, -0.25) is 0 Å². The third kappa shape index (κ3) is 12.6. The minimum Gasteiger partial charge on any atom is -0.385 e. The molecule has 0 unspecified atom stereocenters. The van der Waals surface area contributed by atoms with Gasteiger partial charge in [0.1, 0.15) is 54.9 Å². The quantitative estimate of drug-likeness (QED) is 0.0851. The van der Waals surface area contributed by atoms with E-state index in [1.54, 1.807) is 0 Å². The van der Waals surface area contributed by atoms with Crippen LogP contribution in [0.5, 0.6) is 0 Å². The van der Waals surface area contributed by atoms with Gasteiger partial charge >= 0.3 is 0 Å². The molecule has 9 rings (SSSR count). The molecule has 5 aromatic carbocycles. The molecule has 4 heterocycles. The van der Waals surface area contributed by atoms with Crippen LogP contribution in [0.15, 0.2) is 152 Å². The highest BCUT2D eigenvalue weighted by molar-refractivity contribution is 5.17. The fourth-order valence-electron chi connectivity index (χ4n) is 9.52. The third-order valence-corrected chi connectivity index (χ3v) is 13.0. The van der Waals surface area contributed by atoms with Gasteiger partial charge in [0.25, 0.3) is 0 Å². The van der Waals surface area contributed by atoms with E-state index in [4.69, 9.17) is 56.8 Å². The standard InChI is InChI=1S/C56H66O13/c1-36-45(58-31-39-21-11-6-12-22-39)49(60-33-41-25-15-8-16-26-41)51(61-34-42-27-17-9-18-28-42)55(65-36)67-46-37(2)63-53(44(57)48(46)59-32-40-23-13-7-14-24-40)66-47-38(3)64-54(52-50(47)68-56(4,5)69-52)62-35-43-29-19-10-20-30-43/h6-30,36-38,44-55,57H,31-35H2,1-5H3/t36-,37-,38+,44-,45-,46+,47+,48-,49-,50+,51-,52+,53-,54-,55-/m0/s1. The van der Waals surface area contributed by atoms with E-state index >= 15 is 0 Å². The van der Waals surface area contributed by atoms with Crippen LogP contribution < -0.4 is 0 Å². The Morgan fingerprint density at radius 2 is 0.725 bits per heavy atom. The van der Waals surface area contributed by atoms with Crippen molar-refractivity contribution in [2.45, 2.75) is 166 Å². The zero-order valence-electron chi connectivity index (χ0n) is 40.0. The first-order chi connectivity index (χ1) is 33.6. The van der Waals surface area contributed by atoms with Crippen molar-refractivity contribution in [1.82, 2.24) is 0 Å². The summed E-state index contributed by atoms with van der Waals surface area (Å²) < 4.78 is 80.1. The molecule has 5 aromatic rings. The van der Waals surface area contributed by atoms with Crippen LogP contribution in [-0.2, 0) is 89.9 Å². The van der Waals surface area contributed by atoms with Crippen LogP contribution in [0.2, 0.25) is 0 Å². The molecule has 4 fully saturated rings. The fourth-order valence-corrected chi connectivity index (χ4v) is 9.52. The predicted octanol–water partition coefficient (Wildman–Crippen LogP) is 8.43. The van der Waals surface area contributed by atoms with Crippen LogP contribution >= 0.6 is 0 Å². The molecule has 0 aliphatic carbocycles. The lowest BCUT2D eigenvalue weighted by Crippen LogP contribution is -2.65. The zero-order chi connectivity index (χ0) is 47.7. The number of fused-ring (bicyclic) bond motifs is 1. The second-order valence-corrected chi connectivity index (χ2v) is 18.7. The Bertz CT molecular complexity index is 2270. The van der Waals surface area contributed by atoms with Crippen molar-refractivity contribution in [2.24, 2.45) is 0 Å². The van der Waals surface area contributed by atoms with Gasteiger partial charge in [0.15, 0.2) is 24.7 Å². The number of rotatable bonds is 19. The highest BCUT2D eigenvalue weighted by Crippen LogP contribution is 2.41. The predicted molar refractivity (Wildman–Crippen MR) is 254 cm³/mol. The van der Waals surface area contributed by atoms with E-state index in [2.05, 4.69) is 0 Å². The van der Waals surface area contributed by atoms with Gasteiger partial charge in [-0.15, -0.1) is 0 Å². The summed E-state index contributed by atoms with van der Waals surface area (Å²) in [5, 5.41) is 12.5. The molecule has 4 aliphatic heterocycles. The monoisotopic (exact) mass is 946 g/mol. The number of hydrogen-bond donors (Lipinski definition) is 1. The number of aliphatic hydroxyl groups excluding tert-OH is 1. The molecule has 13 heteroatoms. The van der Waals surface area contributed by atoms with E-state index in [1.807, 2.05) is 186 Å². The van der Waals surface area contributed by atoms with Gasteiger partial charge in [0.05, 0.1) is 51.3 Å². The summed E-state index contributed by atoms with van der Waals surface area (Å²) in [4.78, 5) is 0. The molecule has 368 valence electrons. The van der Waals surface area contributed by atoms with E-state index in [0.29, 0.717) is 19.8 Å². The van der Waals surface area contributed by atoms with Gasteiger partial charge in [-0.2, -0.15) is 0 Å². The second kappa shape index (κ2) is 23.2. The molecule has 0 aromatic heterocycles. The van der Waals surface area contributed by atoms with Crippen molar-refractivity contribution in [3.05, 3.63) is 179 Å². The van der Waals surface area contributed by atoms with E-state index in [0.717, 1.165) is 27.8 Å². The number of ether oxygens (including phenoxy) is 12. The molecular weight excluding hydrogens is 881 g/mol. The zero-order valence-corrected chi connectivity index (χ0v) is 40.0. The highest BCUT2D eigenvalue weighted by Gasteiger charge is 2.58. The molecule has 0 bridgehead atoms. The first-order valence-corrected chi connectivity index (χ1v) is 24.2. The lowest BCUT2D eigenvalue weighted by molar-refractivity contribution is -0.378. The van der Waals surface area contributed by atoms with E-state index < -0.39 is 97.9 Å². The summed E-state index contributed by atoms with van der Waals surface area (Å²) in [6.07, 6.45) is -11.9. The normalized spacial score (nSPS) is 33.2. The third-order valence-electron chi connectivity index (χ3n) is 13.0. The lowest BCUT2D eigenvalue weighted by atomic mass is 9.96. The molecule has 0 amide bonds. The number of benzene rings is 5. The number of aliphatic hydroxyl groups is 1. The van der Waals surface area contributed by atoms with Crippen molar-refractivity contribution in [1.29, 1.82) is 0 Å². The van der Waals surface area contributed by atoms with E-state index in [-0.39, 0.29) is 13.2 Å². The minimum atomic E-state index is -1.35. The summed E-state index contributed by atoms with van der Waals surface area (Å²) in [5.74, 6) is -0.956. The SMILES string of the molecule is C[C@@H]1O[C@@H](O[C@H]2[C@@H](OCc3ccccc3)[C@H](O)[C@H](O[C@H]3[C@H]4OC(C)(C)O[C@H]4[C@@H](OCc4ccccc4)O[C@@H]3C)O[C@H]2C)[C@@H](OCc2ccccc2)[C@@H](OCc2ccccc2)[C@H]1OCc1ccccc1. The Labute approximate surface area is 405 Å². The van der Waals surface area contributed by atoms with Crippen molar-refractivity contribution >= 4 is 0 Å². The van der Waals surface area contributed by atoms with Crippen molar-refractivity contribution < 1.29 is 61.9 Å². The Morgan fingerprint density at radius 1 is 0.377 bits per heavy atom. The second-order valence-electron chi connectivity index (χ2n) is 18.7. The fraction of sp³-hybridized carbons (Fsp3) is 0.464. The highest BCUT2D eigenvalue weighted by atomic mass is 16.8. The van der Waals surface area contributed by atoms with Crippen LogP contribution in [0.4, 0.5) is 0 Å². The van der Waals surface area contributed by atoms with Crippen LogP contribution in [0, 0.1) is 0 Å². The van der Waals surface area contributed by atoms with Crippen LogP contribution in [-0.4, -0.2) is 103 Å². The molecule has 13 nitrogen and oxygen atoms in total. The van der Waals surface area contributed by atoms with E-state index in [1.165, 1.54) is 0 Å². The summed E-state index contributed by atoms with van der Waals surface area (Å²) in [7, 11) is 0. The maximum absolute atomic E-state index is 12.5. The lowest BCUT2D eigenvalue weighted by Gasteiger charge is -2.49. The molecule has 0 radical (unpaired) electrons. The topological polar surface area (TPSA) is 131 Å². The Hall–Kier alpha value is -4.42. The van der Waals surface area contributed by atoms with Gasteiger partial charge in [-0.05, 0) is 62.4 Å². The maximum Gasteiger partial charge on any atom is 0.187 e. The van der Waals surface area contributed by atoms with Gasteiger partial charge in [0, 0.05) is 0 Å². The summed E-state index contributed by atoms with van der Waals surface area (Å²) in [6.45, 7) is 10.8. The Kier molecular flexibility index (Phi) is 16.7. The van der Waals surface area contributed by atoms with Gasteiger partial charge in [-0.1, -0.05) is 152 Å². The summed E-state index contributed by atoms with van der Waals surface area (Å²) in [6, 6.07) is 49.6. The van der Waals surface area contributed by atoms with Crippen molar-refractivity contribution in [2.75, 3.05) is 0 Å². The molecule has 15 atom stereocenters. The molecule has 4 aliphatic rings. The van der Waals surface area contributed by atoms with Crippen LogP contribution in [0.3, 0.4) is 0 Å². The molecule has 1 N–H and O–H groups in total. The van der Waals surface area contributed by atoms with Gasteiger partial charge in [0.2, 0.25) is 0 Å². The maximum atomic E-state index is 12.5. The summed E-state index contributed by atoms with van der Waals surface area (Å²) >= 11 is 0. The molecule has 4 saturated heterocycles. The average Bonchev–Trinajstić information content (AvgIpc) is 3.70. The molecule has 69 heavy (non-hydrogen) atoms. The smallest absolute Gasteiger partial charge is 0.187 e. The average molecular weight is 947 g/mol. The first-order valence-electron chi connectivity index (χ1n) is 24.2. The Morgan fingerprint density at radius 3 is 1.22 bits per heavy atom. The minimum absolute atomic E-state index is 0.176. The Balaban J connectivity index is 0.979. The van der Waals surface area contributed by atoms with Gasteiger partial charge < -0.3 is 61.9 Å². The van der Waals surface area contributed by atoms with Crippen molar-refractivity contribution in [3.8, 4) is 0 Å². The molecule has 0 spiro atoms. The molecular formula is C56H66O13. The van der Waals surface area contributed by atoms with Crippen LogP contribution in [0.25, 0.3) is 0 Å². The van der Waals surface area contributed by atoms with Crippen LogP contribution in [0.1, 0.15) is 62.4 Å². The number of hydrogen-bond acceptors (Lipinski definition) is 13. The van der Waals surface area contributed by atoms with Gasteiger partial charge in [-0.25, -0.2) is 0 Å². The summed E-state index contributed by atoms with van der Waals surface area (Å²) in [5.41, 5.74) is 4.89. The van der Waals surface area contributed by atoms with Crippen molar-refractivity contribution in [3.63, 3.8) is 0 Å². The van der Waals surface area contributed by atoms with E-state index in [9.17, 15) is 5.11 Å².